The molecular formula is C14H30N2O3S2. The molecule has 0 rings (SSSR count). The Kier molecular flexibility index (Phi) is 18.1. The minimum Gasteiger partial charge on any atom is -0.378 e. The Morgan fingerprint density at radius 3 is 2.33 bits per heavy atom. The van der Waals surface area contributed by atoms with Gasteiger partial charge in [0.05, 0.1) is 26.4 Å². The van der Waals surface area contributed by atoms with Crippen LogP contribution in [0.1, 0.15) is 25.7 Å². The van der Waals surface area contributed by atoms with Crippen LogP contribution in [0, 0.1) is 0 Å². The van der Waals surface area contributed by atoms with Crippen LogP contribution < -0.4 is 10.6 Å². The Morgan fingerprint density at radius 2 is 1.67 bits per heavy atom. The Balaban J connectivity index is 3.13. The van der Waals surface area contributed by atoms with Crippen molar-refractivity contribution in [3.63, 3.8) is 0 Å². The molecule has 0 aliphatic heterocycles. The third kappa shape index (κ3) is 18.0. The van der Waals surface area contributed by atoms with Gasteiger partial charge in [0, 0.05) is 18.1 Å². The van der Waals surface area contributed by atoms with Crippen molar-refractivity contribution in [1.29, 1.82) is 0 Å². The van der Waals surface area contributed by atoms with Gasteiger partial charge in [0.25, 0.3) is 5.24 Å². The molecule has 7 heteroatoms. The number of carbonyl (C=O) groups excluding carboxylic acids is 1. The van der Waals surface area contributed by atoms with E-state index < -0.39 is 0 Å². The van der Waals surface area contributed by atoms with Crippen LogP contribution in [0.25, 0.3) is 0 Å². The van der Waals surface area contributed by atoms with Gasteiger partial charge in [-0.25, -0.2) is 0 Å². The van der Waals surface area contributed by atoms with E-state index in [1.165, 1.54) is 31.0 Å². The second-order valence-corrected chi connectivity index (χ2v) is 6.04. The van der Waals surface area contributed by atoms with Crippen molar-refractivity contribution in [3.05, 3.63) is 0 Å². The van der Waals surface area contributed by atoms with Crippen molar-refractivity contribution in [2.75, 3.05) is 58.1 Å². The molecule has 0 saturated heterocycles. The van der Waals surface area contributed by atoms with Gasteiger partial charge in [-0.2, -0.15) is 12.6 Å². The maximum Gasteiger partial charge on any atom is 0.279 e. The summed E-state index contributed by atoms with van der Waals surface area (Å²) in [6.45, 7) is 4.23. The zero-order valence-electron chi connectivity index (χ0n) is 13.1. The van der Waals surface area contributed by atoms with Crippen molar-refractivity contribution in [1.82, 2.24) is 10.6 Å². The minimum absolute atomic E-state index is 0.0418. The lowest BCUT2D eigenvalue weighted by atomic mass is 10.2. The molecule has 0 atom stereocenters. The Labute approximate surface area is 138 Å². The fraction of sp³-hybridized carbons (Fsp3) is 0.929. The topological polar surface area (TPSA) is 59.6 Å². The summed E-state index contributed by atoms with van der Waals surface area (Å²) in [6, 6.07) is 0. The number of hydrogen-bond donors (Lipinski definition) is 3. The van der Waals surface area contributed by atoms with Gasteiger partial charge in [0.15, 0.2) is 0 Å². The molecule has 2 N–H and O–H groups in total. The van der Waals surface area contributed by atoms with Crippen molar-refractivity contribution in [2.45, 2.75) is 25.7 Å². The monoisotopic (exact) mass is 338 g/mol. The summed E-state index contributed by atoms with van der Waals surface area (Å²) in [5.74, 6) is 1.41. The molecule has 0 aromatic heterocycles. The van der Waals surface area contributed by atoms with Gasteiger partial charge in [-0.1, -0.05) is 24.6 Å². The van der Waals surface area contributed by atoms with E-state index >= 15 is 0 Å². The molecule has 0 saturated carbocycles. The summed E-state index contributed by atoms with van der Waals surface area (Å²) in [6.07, 6.45) is 4.64. The number of unbranched alkanes of at least 4 members (excludes halogenated alkanes) is 3. The first-order chi connectivity index (χ1) is 10.3. The van der Waals surface area contributed by atoms with E-state index in [2.05, 4.69) is 23.3 Å². The largest absolute Gasteiger partial charge is 0.378 e. The average Bonchev–Trinajstić information content (AvgIpc) is 2.49. The molecule has 1 amide bonds. The van der Waals surface area contributed by atoms with Crippen molar-refractivity contribution >= 4 is 29.6 Å². The normalized spacial score (nSPS) is 10.8. The highest BCUT2D eigenvalue weighted by Crippen LogP contribution is 2.02. The molecule has 126 valence electrons. The highest BCUT2D eigenvalue weighted by Gasteiger charge is 2.01. The quantitative estimate of drug-likeness (QED) is 0.316. The van der Waals surface area contributed by atoms with E-state index in [0.29, 0.717) is 32.2 Å². The third-order valence-corrected chi connectivity index (χ3v) is 3.65. The third-order valence-electron chi connectivity index (χ3n) is 2.69. The van der Waals surface area contributed by atoms with E-state index in [1.807, 2.05) is 7.05 Å². The highest BCUT2D eigenvalue weighted by molar-refractivity contribution is 8.13. The van der Waals surface area contributed by atoms with E-state index in [-0.39, 0.29) is 5.24 Å². The van der Waals surface area contributed by atoms with Crippen LogP contribution in [0.5, 0.6) is 0 Å². The number of nitrogens with one attached hydrogen (secondary N) is 2. The molecule has 0 heterocycles. The average molecular weight is 339 g/mol. The van der Waals surface area contributed by atoms with Gasteiger partial charge in [-0.05, 0) is 26.4 Å². The fourth-order valence-corrected chi connectivity index (χ4v) is 2.32. The van der Waals surface area contributed by atoms with Crippen LogP contribution in [0.3, 0.4) is 0 Å². The maximum atomic E-state index is 11.5. The van der Waals surface area contributed by atoms with E-state index in [1.54, 1.807) is 0 Å². The smallest absolute Gasteiger partial charge is 0.279 e. The highest BCUT2D eigenvalue weighted by atomic mass is 32.2. The molecule has 0 aliphatic rings. The number of thiol groups is 1. The van der Waals surface area contributed by atoms with E-state index in [9.17, 15) is 4.79 Å². The zero-order chi connectivity index (χ0) is 15.6. The number of ether oxygens (including phenoxy) is 2. The first-order valence-corrected chi connectivity index (χ1v) is 9.24. The molecule has 0 unspecified atom stereocenters. The maximum absolute atomic E-state index is 11.5. The molecular weight excluding hydrogens is 308 g/mol. The summed E-state index contributed by atoms with van der Waals surface area (Å²) < 4.78 is 10.6. The van der Waals surface area contributed by atoms with Crippen LogP contribution in [0.15, 0.2) is 0 Å². The molecule has 21 heavy (non-hydrogen) atoms. The van der Waals surface area contributed by atoms with Gasteiger partial charge in [0.2, 0.25) is 0 Å². The van der Waals surface area contributed by atoms with Gasteiger partial charge < -0.3 is 20.1 Å². The van der Waals surface area contributed by atoms with Crippen LogP contribution >= 0.6 is 24.4 Å². The molecule has 0 spiro atoms. The van der Waals surface area contributed by atoms with Crippen molar-refractivity contribution in [2.24, 2.45) is 0 Å². The van der Waals surface area contributed by atoms with Crippen LogP contribution in [-0.2, 0) is 9.47 Å². The lowest BCUT2D eigenvalue weighted by Gasteiger charge is -2.06. The van der Waals surface area contributed by atoms with Gasteiger partial charge in [0.1, 0.15) is 0 Å². The Hall–Kier alpha value is 0.0500. The molecule has 5 nitrogen and oxygen atoms in total. The van der Waals surface area contributed by atoms with E-state index in [4.69, 9.17) is 9.47 Å². The SMILES string of the molecule is CNCCCCCCNC(=O)SCCOCCOCCS. The van der Waals surface area contributed by atoms with Crippen LogP contribution in [-0.4, -0.2) is 63.3 Å². The summed E-state index contributed by atoms with van der Waals surface area (Å²) in [5.41, 5.74) is 0. The predicted octanol–water partition coefficient (Wildman–Crippen LogP) is 2.17. The molecule has 0 radical (unpaired) electrons. The standard InChI is InChI=1S/C14H30N2O3S2/c1-15-6-4-2-3-5-7-16-14(17)21-13-11-19-9-8-18-10-12-20/h15,20H,2-13H2,1H3,(H,16,17). The lowest BCUT2D eigenvalue weighted by molar-refractivity contribution is 0.0606. The second-order valence-electron chi connectivity index (χ2n) is 4.53. The van der Waals surface area contributed by atoms with Gasteiger partial charge >= 0.3 is 0 Å². The Bertz CT molecular complexity index is 234. The van der Waals surface area contributed by atoms with Crippen molar-refractivity contribution in [3.8, 4) is 0 Å². The van der Waals surface area contributed by atoms with Gasteiger partial charge in [-0.3, -0.25) is 4.79 Å². The first kappa shape index (κ1) is 21.0. The molecule has 0 bridgehead atoms. The number of hydrogen-bond acceptors (Lipinski definition) is 6. The number of carbonyl (C=O) groups is 1. The second kappa shape index (κ2) is 18.1. The number of amides is 1. The first-order valence-electron chi connectivity index (χ1n) is 7.62. The predicted molar refractivity (Wildman–Crippen MR) is 93.7 cm³/mol. The molecule has 0 aromatic carbocycles. The Morgan fingerprint density at radius 1 is 1.00 bits per heavy atom. The number of thioether (sulfide) groups is 1. The molecule has 0 fully saturated rings. The van der Waals surface area contributed by atoms with Crippen molar-refractivity contribution < 1.29 is 14.3 Å². The van der Waals surface area contributed by atoms with E-state index in [0.717, 1.165) is 25.3 Å². The minimum atomic E-state index is 0.0418. The zero-order valence-corrected chi connectivity index (χ0v) is 14.8. The summed E-state index contributed by atoms with van der Waals surface area (Å²) in [4.78, 5) is 11.5. The molecule has 0 aromatic rings. The molecule has 0 aliphatic carbocycles. The summed E-state index contributed by atoms with van der Waals surface area (Å²) in [5, 5.41) is 6.08. The van der Waals surface area contributed by atoms with Gasteiger partial charge in [-0.15, -0.1) is 0 Å². The lowest BCUT2D eigenvalue weighted by Crippen LogP contribution is -2.21. The summed E-state index contributed by atoms with van der Waals surface area (Å²) >= 11 is 5.32. The fourth-order valence-electron chi connectivity index (χ4n) is 1.60. The summed E-state index contributed by atoms with van der Waals surface area (Å²) in [7, 11) is 1.97. The number of rotatable bonds is 15. The van der Waals surface area contributed by atoms with Crippen LogP contribution in [0.4, 0.5) is 4.79 Å². The van der Waals surface area contributed by atoms with Crippen LogP contribution in [0.2, 0.25) is 0 Å².